The SMILES string of the molecule is O=CN1CCC2CC=C(Br)C=C2C1. The van der Waals surface area contributed by atoms with E-state index in [2.05, 4.69) is 28.1 Å². The molecule has 1 aliphatic heterocycles. The van der Waals surface area contributed by atoms with Gasteiger partial charge in [0.2, 0.25) is 6.41 Å². The smallest absolute Gasteiger partial charge is 0.209 e. The molecule has 0 bridgehead atoms. The molecule has 3 heteroatoms. The van der Waals surface area contributed by atoms with Gasteiger partial charge in [-0.1, -0.05) is 22.0 Å². The van der Waals surface area contributed by atoms with Gasteiger partial charge in [-0.3, -0.25) is 4.79 Å². The number of piperidine rings is 1. The number of halogens is 1. The monoisotopic (exact) mass is 241 g/mol. The van der Waals surface area contributed by atoms with Crippen LogP contribution in [0.25, 0.3) is 0 Å². The highest BCUT2D eigenvalue weighted by molar-refractivity contribution is 9.11. The van der Waals surface area contributed by atoms with Crippen molar-refractivity contribution in [1.29, 1.82) is 0 Å². The van der Waals surface area contributed by atoms with Crippen molar-refractivity contribution in [2.75, 3.05) is 13.1 Å². The minimum absolute atomic E-state index is 0.678. The van der Waals surface area contributed by atoms with Crippen molar-refractivity contribution < 1.29 is 4.79 Å². The van der Waals surface area contributed by atoms with Crippen LogP contribution in [0.2, 0.25) is 0 Å². The largest absolute Gasteiger partial charge is 0.341 e. The number of nitrogens with zero attached hydrogens (tertiary/aromatic N) is 1. The Kier molecular flexibility index (Phi) is 2.54. The minimum atomic E-state index is 0.678. The van der Waals surface area contributed by atoms with Crippen LogP contribution < -0.4 is 0 Å². The van der Waals surface area contributed by atoms with Gasteiger partial charge < -0.3 is 4.90 Å². The van der Waals surface area contributed by atoms with Crippen LogP contribution in [0.4, 0.5) is 0 Å². The minimum Gasteiger partial charge on any atom is -0.341 e. The fourth-order valence-corrected chi connectivity index (χ4v) is 2.44. The Bertz CT molecular complexity index is 283. The van der Waals surface area contributed by atoms with Crippen molar-refractivity contribution >= 4 is 22.3 Å². The molecule has 0 N–H and O–H groups in total. The van der Waals surface area contributed by atoms with Gasteiger partial charge in [0.05, 0.1) is 0 Å². The lowest BCUT2D eigenvalue weighted by Crippen LogP contribution is -2.35. The zero-order chi connectivity index (χ0) is 9.26. The van der Waals surface area contributed by atoms with Crippen molar-refractivity contribution in [2.45, 2.75) is 12.8 Å². The van der Waals surface area contributed by atoms with E-state index in [-0.39, 0.29) is 0 Å². The van der Waals surface area contributed by atoms with Crippen LogP contribution >= 0.6 is 15.9 Å². The van der Waals surface area contributed by atoms with Crippen LogP contribution in [-0.4, -0.2) is 24.4 Å². The van der Waals surface area contributed by atoms with Gasteiger partial charge in [-0.2, -0.15) is 0 Å². The van der Waals surface area contributed by atoms with Gasteiger partial charge in [0.1, 0.15) is 0 Å². The van der Waals surface area contributed by atoms with E-state index in [9.17, 15) is 4.79 Å². The van der Waals surface area contributed by atoms with Gasteiger partial charge in [-0.25, -0.2) is 0 Å². The Labute approximate surface area is 86.4 Å². The van der Waals surface area contributed by atoms with E-state index in [0.29, 0.717) is 5.92 Å². The molecule has 2 aliphatic rings. The van der Waals surface area contributed by atoms with E-state index in [0.717, 1.165) is 36.8 Å². The molecule has 2 nitrogen and oxygen atoms in total. The topological polar surface area (TPSA) is 20.3 Å². The Morgan fingerprint density at radius 3 is 3.23 bits per heavy atom. The van der Waals surface area contributed by atoms with Gasteiger partial charge in [0, 0.05) is 17.6 Å². The summed E-state index contributed by atoms with van der Waals surface area (Å²) in [7, 11) is 0. The van der Waals surface area contributed by atoms with Crippen LogP contribution in [0.15, 0.2) is 22.2 Å². The van der Waals surface area contributed by atoms with E-state index in [4.69, 9.17) is 0 Å². The quantitative estimate of drug-likeness (QED) is 0.644. The molecule has 0 spiro atoms. The van der Waals surface area contributed by atoms with Gasteiger partial charge in [0.15, 0.2) is 0 Å². The molecule has 1 amide bonds. The third-order valence-electron chi connectivity index (χ3n) is 2.74. The molecule has 13 heavy (non-hydrogen) atoms. The van der Waals surface area contributed by atoms with Crippen LogP contribution in [0.5, 0.6) is 0 Å². The third kappa shape index (κ3) is 1.85. The zero-order valence-electron chi connectivity index (χ0n) is 7.37. The lowest BCUT2D eigenvalue weighted by Gasteiger charge is -2.33. The number of fused-ring (bicyclic) bond motifs is 1. The molecule has 0 aromatic heterocycles. The maximum absolute atomic E-state index is 10.6. The Morgan fingerprint density at radius 2 is 2.46 bits per heavy atom. The van der Waals surface area contributed by atoms with E-state index >= 15 is 0 Å². The number of likely N-dealkylation sites (tertiary alicyclic amines) is 1. The van der Waals surface area contributed by atoms with Crippen molar-refractivity contribution in [2.24, 2.45) is 5.92 Å². The molecule has 1 atom stereocenters. The highest BCUT2D eigenvalue weighted by atomic mass is 79.9. The van der Waals surface area contributed by atoms with Crippen LogP contribution in [0, 0.1) is 5.92 Å². The van der Waals surface area contributed by atoms with Gasteiger partial charge >= 0.3 is 0 Å². The Balaban J connectivity index is 2.14. The molecule has 0 aromatic carbocycles. The summed E-state index contributed by atoms with van der Waals surface area (Å²) in [6, 6.07) is 0. The summed E-state index contributed by atoms with van der Waals surface area (Å²) in [5, 5.41) is 0. The number of hydrogen-bond donors (Lipinski definition) is 0. The van der Waals surface area contributed by atoms with Crippen LogP contribution in [0.3, 0.4) is 0 Å². The third-order valence-corrected chi connectivity index (χ3v) is 3.30. The summed E-state index contributed by atoms with van der Waals surface area (Å²) in [4.78, 5) is 12.4. The molecular formula is C10H12BrNO. The van der Waals surface area contributed by atoms with E-state index < -0.39 is 0 Å². The fraction of sp³-hybridized carbons (Fsp3) is 0.500. The molecule has 2 rings (SSSR count). The van der Waals surface area contributed by atoms with Gasteiger partial charge in [0.25, 0.3) is 0 Å². The molecule has 0 aromatic rings. The predicted molar refractivity (Wildman–Crippen MR) is 55.5 cm³/mol. The summed E-state index contributed by atoms with van der Waals surface area (Å²) in [5.74, 6) is 0.678. The number of allylic oxidation sites excluding steroid dienone is 3. The summed E-state index contributed by atoms with van der Waals surface area (Å²) in [6.07, 6.45) is 7.55. The summed E-state index contributed by atoms with van der Waals surface area (Å²) < 4.78 is 1.16. The summed E-state index contributed by atoms with van der Waals surface area (Å²) in [6.45, 7) is 1.73. The van der Waals surface area contributed by atoms with E-state index in [1.165, 1.54) is 5.57 Å². The van der Waals surface area contributed by atoms with Gasteiger partial charge in [-0.15, -0.1) is 0 Å². The van der Waals surface area contributed by atoms with E-state index in [1.807, 2.05) is 4.90 Å². The molecule has 1 aliphatic carbocycles. The average Bonchev–Trinajstić information content (AvgIpc) is 2.16. The normalized spacial score (nSPS) is 27.5. The Morgan fingerprint density at radius 1 is 1.62 bits per heavy atom. The number of carbonyl (C=O) groups excluding carboxylic acids is 1. The standard InChI is InChI=1S/C10H12BrNO/c11-10-2-1-8-3-4-12(7-13)6-9(8)5-10/h2,5,7-8H,1,3-4,6H2. The van der Waals surface area contributed by atoms with Crippen molar-refractivity contribution in [1.82, 2.24) is 4.90 Å². The average molecular weight is 242 g/mol. The second-order valence-electron chi connectivity index (χ2n) is 3.61. The van der Waals surface area contributed by atoms with Crippen LogP contribution in [-0.2, 0) is 4.79 Å². The predicted octanol–water partition coefficient (Wildman–Crippen LogP) is 2.07. The number of carbonyl (C=O) groups is 1. The number of hydrogen-bond acceptors (Lipinski definition) is 1. The fourth-order valence-electron chi connectivity index (χ4n) is 1.96. The number of amides is 1. The lowest BCUT2D eigenvalue weighted by molar-refractivity contribution is -0.118. The molecular weight excluding hydrogens is 230 g/mol. The second-order valence-corrected chi connectivity index (χ2v) is 4.52. The first-order chi connectivity index (χ1) is 6.29. The first kappa shape index (κ1) is 9.00. The molecule has 0 radical (unpaired) electrons. The summed E-state index contributed by atoms with van der Waals surface area (Å²) >= 11 is 3.47. The van der Waals surface area contributed by atoms with Crippen molar-refractivity contribution in [3.63, 3.8) is 0 Å². The molecule has 0 saturated carbocycles. The molecule has 70 valence electrons. The van der Waals surface area contributed by atoms with Crippen molar-refractivity contribution in [3.05, 3.63) is 22.2 Å². The second kappa shape index (κ2) is 3.66. The number of rotatable bonds is 1. The molecule has 1 heterocycles. The van der Waals surface area contributed by atoms with Crippen LogP contribution in [0.1, 0.15) is 12.8 Å². The van der Waals surface area contributed by atoms with Gasteiger partial charge in [-0.05, 0) is 30.4 Å². The lowest BCUT2D eigenvalue weighted by atomic mass is 9.86. The highest BCUT2D eigenvalue weighted by Crippen LogP contribution is 2.32. The van der Waals surface area contributed by atoms with E-state index in [1.54, 1.807) is 0 Å². The molecule has 1 saturated heterocycles. The molecule has 1 fully saturated rings. The Hall–Kier alpha value is -0.570. The van der Waals surface area contributed by atoms with Crippen molar-refractivity contribution in [3.8, 4) is 0 Å². The first-order valence-electron chi connectivity index (χ1n) is 4.55. The first-order valence-corrected chi connectivity index (χ1v) is 5.34. The molecule has 1 unspecified atom stereocenters. The summed E-state index contributed by atoms with van der Waals surface area (Å²) in [5.41, 5.74) is 1.40. The maximum atomic E-state index is 10.6. The maximum Gasteiger partial charge on any atom is 0.209 e. The highest BCUT2D eigenvalue weighted by Gasteiger charge is 2.24. The zero-order valence-corrected chi connectivity index (χ0v) is 8.96.